The Morgan fingerprint density at radius 3 is 2.68 bits per heavy atom. The van der Waals surface area contributed by atoms with E-state index in [1.807, 2.05) is 31.2 Å². The first-order valence-electron chi connectivity index (χ1n) is 6.66. The molecule has 19 heavy (non-hydrogen) atoms. The van der Waals surface area contributed by atoms with E-state index in [9.17, 15) is 5.11 Å². The van der Waals surface area contributed by atoms with Crippen LogP contribution in [0.5, 0.6) is 0 Å². The zero-order valence-electron chi connectivity index (χ0n) is 11.4. The summed E-state index contributed by atoms with van der Waals surface area (Å²) in [7, 11) is 0. The molecule has 1 unspecified atom stereocenters. The van der Waals surface area contributed by atoms with Gasteiger partial charge >= 0.3 is 0 Å². The van der Waals surface area contributed by atoms with Crippen molar-refractivity contribution in [2.75, 3.05) is 11.4 Å². The molecule has 2 heterocycles. The fourth-order valence-corrected chi connectivity index (χ4v) is 1.97. The molecular weight excluding hydrogens is 240 g/mol. The first-order chi connectivity index (χ1) is 9.24. The van der Waals surface area contributed by atoms with E-state index >= 15 is 0 Å². The average molecular weight is 260 g/mol. The van der Waals surface area contributed by atoms with Gasteiger partial charge < -0.3 is 14.4 Å². The van der Waals surface area contributed by atoms with E-state index in [0.29, 0.717) is 6.42 Å². The van der Waals surface area contributed by atoms with Crippen LogP contribution in [-0.4, -0.2) is 16.6 Å². The molecule has 2 aromatic heterocycles. The molecule has 0 amide bonds. The molecule has 0 aliphatic heterocycles. The first kappa shape index (κ1) is 13.6. The van der Waals surface area contributed by atoms with E-state index in [0.717, 1.165) is 30.2 Å². The summed E-state index contributed by atoms with van der Waals surface area (Å²) in [6.45, 7) is 5.63. The third kappa shape index (κ3) is 3.35. The standard InChI is InChI=1S/C15H20N2O2/c1-3-15(18)14-8-7-12(10-16-14)17(4-2)11-13-6-5-9-19-13/h5-10,15,18H,3-4,11H2,1-2H3. The van der Waals surface area contributed by atoms with Gasteiger partial charge in [0.1, 0.15) is 5.76 Å². The van der Waals surface area contributed by atoms with Crippen LogP contribution in [0.3, 0.4) is 0 Å². The smallest absolute Gasteiger partial charge is 0.123 e. The van der Waals surface area contributed by atoms with Crippen LogP contribution in [0.2, 0.25) is 0 Å². The monoisotopic (exact) mass is 260 g/mol. The van der Waals surface area contributed by atoms with Gasteiger partial charge in [-0.05, 0) is 37.6 Å². The van der Waals surface area contributed by atoms with E-state index in [1.165, 1.54) is 0 Å². The Morgan fingerprint density at radius 2 is 2.16 bits per heavy atom. The molecule has 0 aliphatic rings. The lowest BCUT2D eigenvalue weighted by Crippen LogP contribution is -2.21. The van der Waals surface area contributed by atoms with Crippen molar-refractivity contribution in [3.63, 3.8) is 0 Å². The first-order valence-corrected chi connectivity index (χ1v) is 6.66. The van der Waals surface area contributed by atoms with Crippen molar-refractivity contribution in [1.82, 2.24) is 4.98 Å². The Hall–Kier alpha value is -1.81. The molecule has 0 fully saturated rings. The van der Waals surface area contributed by atoms with E-state index in [4.69, 9.17) is 4.42 Å². The minimum absolute atomic E-state index is 0.478. The van der Waals surface area contributed by atoms with Crippen LogP contribution in [0.25, 0.3) is 0 Å². The largest absolute Gasteiger partial charge is 0.467 e. The molecule has 0 aliphatic carbocycles. The summed E-state index contributed by atoms with van der Waals surface area (Å²) in [6.07, 6.45) is 3.69. The highest BCUT2D eigenvalue weighted by Crippen LogP contribution is 2.20. The highest BCUT2D eigenvalue weighted by atomic mass is 16.3. The van der Waals surface area contributed by atoms with Crippen LogP contribution in [0, 0.1) is 0 Å². The van der Waals surface area contributed by atoms with Gasteiger partial charge in [0.05, 0.1) is 36.5 Å². The number of aliphatic hydroxyl groups excluding tert-OH is 1. The van der Waals surface area contributed by atoms with Gasteiger partial charge in [0.15, 0.2) is 0 Å². The predicted octanol–water partition coefficient (Wildman–Crippen LogP) is 3.14. The summed E-state index contributed by atoms with van der Waals surface area (Å²) >= 11 is 0. The van der Waals surface area contributed by atoms with Crippen molar-refractivity contribution >= 4 is 5.69 Å². The number of anilines is 1. The second kappa shape index (κ2) is 6.38. The number of aromatic nitrogens is 1. The average Bonchev–Trinajstić information content (AvgIpc) is 2.97. The van der Waals surface area contributed by atoms with Crippen molar-refractivity contribution in [2.24, 2.45) is 0 Å². The van der Waals surface area contributed by atoms with E-state index in [2.05, 4.69) is 16.8 Å². The van der Waals surface area contributed by atoms with E-state index < -0.39 is 6.10 Å². The molecule has 0 saturated carbocycles. The van der Waals surface area contributed by atoms with Gasteiger partial charge in [-0.15, -0.1) is 0 Å². The SMILES string of the molecule is CCC(O)c1ccc(N(CC)Cc2ccco2)cn1. The maximum absolute atomic E-state index is 9.73. The van der Waals surface area contributed by atoms with Gasteiger partial charge in [-0.2, -0.15) is 0 Å². The maximum atomic E-state index is 9.73. The number of hydrogen-bond donors (Lipinski definition) is 1. The molecule has 0 bridgehead atoms. The number of aliphatic hydroxyl groups is 1. The zero-order valence-corrected chi connectivity index (χ0v) is 11.4. The lowest BCUT2D eigenvalue weighted by molar-refractivity contribution is 0.169. The Morgan fingerprint density at radius 1 is 1.32 bits per heavy atom. The number of hydrogen-bond acceptors (Lipinski definition) is 4. The molecule has 2 aromatic rings. The van der Waals surface area contributed by atoms with Gasteiger partial charge in [0.25, 0.3) is 0 Å². The molecule has 4 nitrogen and oxygen atoms in total. The summed E-state index contributed by atoms with van der Waals surface area (Å²) in [5.74, 6) is 0.930. The van der Waals surface area contributed by atoms with Crippen molar-refractivity contribution < 1.29 is 9.52 Å². The molecule has 1 atom stereocenters. The minimum Gasteiger partial charge on any atom is -0.467 e. The van der Waals surface area contributed by atoms with Gasteiger partial charge in [0, 0.05) is 6.54 Å². The van der Waals surface area contributed by atoms with Gasteiger partial charge in [-0.3, -0.25) is 4.98 Å². The van der Waals surface area contributed by atoms with E-state index in [-0.39, 0.29) is 0 Å². The molecule has 1 N–H and O–H groups in total. The van der Waals surface area contributed by atoms with Crippen LogP contribution < -0.4 is 4.90 Å². The van der Waals surface area contributed by atoms with Gasteiger partial charge in [-0.25, -0.2) is 0 Å². The Bertz CT molecular complexity index is 479. The maximum Gasteiger partial charge on any atom is 0.123 e. The summed E-state index contributed by atoms with van der Waals surface area (Å²) in [5, 5.41) is 9.73. The Labute approximate surface area is 113 Å². The predicted molar refractivity (Wildman–Crippen MR) is 74.9 cm³/mol. The number of rotatable bonds is 6. The van der Waals surface area contributed by atoms with Gasteiger partial charge in [-0.1, -0.05) is 6.92 Å². The lowest BCUT2D eigenvalue weighted by Gasteiger charge is -2.22. The number of nitrogens with zero attached hydrogens (tertiary/aromatic N) is 2. The second-order valence-corrected chi connectivity index (χ2v) is 4.46. The summed E-state index contributed by atoms with van der Waals surface area (Å²) in [5.41, 5.74) is 1.76. The van der Waals surface area contributed by atoms with Crippen molar-refractivity contribution in [3.05, 3.63) is 48.2 Å². The second-order valence-electron chi connectivity index (χ2n) is 4.46. The highest BCUT2D eigenvalue weighted by Gasteiger charge is 2.10. The quantitative estimate of drug-likeness (QED) is 0.866. The fourth-order valence-electron chi connectivity index (χ4n) is 1.97. The molecular formula is C15H20N2O2. The molecule has 2 rings (SSSR count). The zero-order chi connectivity index (χ0) is 13.7. The van der Waals surface area contributed by atoms with Crippen LogP contribution in [0.4, 0.5) is 5.69 Å². The molecule has 0 radical (unpaired) electrons. The highest BCUT2D eigenvalue weighted by molar-refractivity contribution is 5.44. The van der Waals surface area contributed by atoms with E-state index in [1.54, 1.807) is 12.5 Å². The van der Waals surface area contributed by atoms with Crippen LogP contribution in [0.15, 0.2) is 41.1 Å². The summed E-state index contributed by atoms with van der Waals surface area (Å²) in [6, 6.07) is 7.73. The molecule has 0 aromatic carbocycles. The number of pyridine rings is 1. The normalized spacial score (nSPS) is 12.4. The minimum atomic E-state index is -0.478. The van der Waals surface area contributed by atoms with Crippen LogP contribution >= 0.6 is 0 Å². The summed E-state index contributed by atoms with van der Waals surface area (Å²) in [4.78, 5) is 6.50. The molecule has 0 spiro atoms. The Balaban J connectivity index is 2.10. The van der Waals surface area contributed by atoms with Crippen molar-refractivity contribution in [3.8, 4) is 0 Å². The van der Waals surface area contributed by atoms with Crippen molar-refractivity contribution in [1.29, 1.82) is 0 Å². The van der Waals surface area contributed by atoms with Crippen LogP contribution in [-0.2, 0) is 6.54 Å². The topological polar surface area (TPSA) is 49.5 Å². The third-order valence-corrected chi connectivity index (χ3v) is 3.17. The van der Waals surface area contributed by atoms with Crippen LogP contribution in [0.1, 0.15) is 37.8 Å². The van der Waals surface area contributed by atoms with Gasteiger partial charge in [0.2, 0.25) is 0 Å². The lowest BCUT2D eigenvalue weighted by atomic mass is 10.2. The molecule has 4 heteroatoms. The third-order valence-electron chi connectivity index (χ3n) is 3.17. The molecule has 0 saturated heterocycles. The van der Waals surface area contributed by atoms with Crippen molar-refractivity contribution in [2.45, 2.75) is 32.9 Å². The Kier molecular flexibility index (Phi) is 4.58. The fraction of sp³-hybridized carbons (Fsp3) is 0.400. The molecule has 102 valence electrons. The summed E-state index contributed by atoms with van der Waals surface area (Å²) < 4.78 is 5.36. The number of furan rings is 1.